The Morgan fingerprint density at radius 3 is 2.36 bits per heavy atom. The first-order valence-corrected chi connectivity index (χ1v) is 14.0. The van der Waals surface area contributed by atoms with Crippen molar-refractivity contribution in [3.8, 4) is 11.5 Å². The van der Waals surface area contributed by atoms with Crippen molar-refractivity contribution < 1.29 is 27.5 Å². The van der Waals surface area contributed by atoms with Gasteiger partial charge in [0.05, 0.1) is 36.3 Å². The average molecular weight is 573 g/mol. The molecule has 39 heavy (non-hydrogen) atoms. The number of nitrogens with one attached hydrogen (secondary N) is 2. The van der Waals surface area contributed by atoms with E-state index >= 15 is 0 Å². The van der Waals surface area contributed by atoms with E-state index in [2.05, 4.69) is 15.8 Å². The molecule has 0 aromatic heterocycles. The summed E-state index contributed by atoms with van der Waals surface area (Å²) in [4.78, 5) is 24.6. The highest BCUT2D eigenvalue weighted by atomic mass is 35.5. The summed E-state index contributed by atoms with van der Waals surface area (Å²) < 4.78 is 36.1. The number of amides is 2. The van der Waals surface area contributed by atoms with Crippen LogP contribution in [-0.2, 0) is 19.6 Å². The summed E-state index contributed by atoms with van der Waals surface area (Å²) in [7, 11) is -2.35. The summed E-state index contributed by atoms with van der Waals surface area (Å²) in [6, 6.07) is 20.6. The number of rotatable bonds is 12. The Kier molecular flexibility index (Phi) is 10.3. The van der Waals surface area contributed by atoms with Gasteiger partial charge in [0.2, 0.25) is 10.0 Å². The lowest BCUT2D eigenvalue weighted by Gasteiger charge is -2.21. The molecule has 3 rings (SSSR count). The second kappa shape index (κ2) is 13.6. The molecule has 206 valence electrons. The fourth-order valence-electron chi connectivity index (χ4n) is 3.46. The van der Waals surface area contributed by atoms with Crippen molar-refractivity contribution >= 4 is 45.3 Å². The standard InChI is InChI=1S/C27H29ClN4O6S/c1-19(21-7-5-4-6-8-21)30-27(34)18-38-23-12-9-20(10-13-23)16-29-31-26(33)17-32(39(3,35)36)22-11-14-25(37-2)24(28)15-22/h4-16,19H,17-18H2,1-3H3,(H,30,34)(H,31,33)/b29-16-/t19-/m0/s1. The van der Waals surface area contributed by atoms with Crippen LogP contribution in [0, 0.1) is 0 Å². The van der Waals surface area contributed by atoms with E-state index in [1.807, 2.05) is 37.3 Å². The Morgan fingerprint density at radius 1 is 1.05 bits per heavy atom. The molecular weight excluding hydrogens is 544 g/mol. The van der Waals surface area contributed by atoms with Crippen molar-refractivity contribution in [3.05, 3.63) is 88.9 Å². The Morgan fingerprint density at radius 2 is 1.74 bits per heavy atom. The smallest absolute Gasteiger partial charge is 0.260 e. The highest BCUT2D eigenvalue weighted by molar-refractivity contribution is 7.92. The molecule has 0 radical (unpaired) electrons. The summed E-state index contributed by atoms with van der Waals surface area (Å²) in [5.74, 6) is -0.0417. The average Bonchev–Trinajstić information content (AvgIpc) is 2.91. The second-order valence-corrected chi connectivity index (χ2v) is 10.8. The van der Waals surface area contributed by atoms with Gasteiger partial charge in [-0.25, -0.2) is 13.8 Å². The van der Waals surface area contributed by atoms with Gasteiger partial charge in [-0.05, 0) is 60.5 Å². The van der Waals surface area contributed by atoms with E-state index < -0.39 is 22.5 Å². The molecule has 3 aromatic rings. The number of nitrogens with zero attached hydrogens (tertiary/aromatic N) is 2. The van der Waals surface area contributed by atoms with E-state index in [4.69, 9.17) is 21.1 Å². The van der Waals surface area contributed by atoms with Crippen LogP contribution < -0.4 is 24.5 Å². The minimum Gasteiger partial charge on any atom is -0.495 e. The van der Waals surface area contributed by atoms with E-state index in [9.17, 15) is 18.0 Å². The number of ether oxygens (including phenoxy) is 2. The van der Waals surface area contributed by atoms with Crippen molar-refractivity contribution in [1.82, 2.24) is 10.7 Å². The molecule has 0 fully saturated rings. The molecule has 0 unspecified atom stereocenters. The number of carbonyl (C=O) groups excluding carboxylic acids is 2. The van der Waals surface area contributed by atoms with E-state index in [1.54, 1.807) is 24.3 Å². The number of methoxy groups -OCH3 is 1. The van der Waals surface area contributed by atoms with Crippen molar-refractivity contribution in [1.29, 1.82) is 0 Å². The predicted octanol–water partition coefficient (Wildman–Crippen LogP) is 3.52. The number of anilines is 1. The summed E-state index contributed by atoms with van der Waals surface area (Å²) in [6.07, 6.45) is 2.38. The number of hydrogen-bond acceptors (Lipinski definition) is 7. The van der Waals surface area contributed by atoms with Crippen LogP contribution in [-0.4, -0.2) is 53.0 Å². The van der Waals surface area contributed by atoms with Crippen LogP contribution in [0.3, 0.4) is 0 Å². The fourth-order valence-corrected chi connectivity index (χ4v) is 4.56. The largest absolute Gasteiger partial charge is 0.495 e. The Hall–Kier alpha value is -4.09. The van der Waals surface area contributed by atoms with Crippen LogP contribution in [0.25, 0.3) is 0 Å². The Balaban J connectivity index is 1.50. The van der Waals surface area contributed by atoms with Crippen molar-refractivity contribution in [2.24, 2.45) is 5.10 Å². The van der Waals surface area contributed by atoms with Gasteiger partial charge in [0.1, 0.15) is 18.0 Å². The van der Waals surface area contributed by atoms with E-state index in [1.165, 1.54) is 31.5 Å². The first-order chi connectivity index (χ1) is 18.6. The minimum absolute atomic E-state index is 0.142. The van der Waals surface area contributed by atoms with Crippen LogP contribution in [0.5, 0.6) is 11.5 Å². The minimum atomic E-state index is -3.79. The highest BCUT2D eigenvalue weighted by Gasteiger charge is 2.21. The summed E-state index contributed by atoms with van der Waals surface area (Å²) in [6.45, 7) is 1.25. The summed E-state index contributed by atoms with van der Waals surface area (Å²) >= 11 is 6.10. The molecule has 3 aromatic carbocycles. The van der Waals surface area contributed by atoms with Crippen molar-refractivity contribution in [3.63, 3.8) is 0 Å². The van der Waals surface area contributed by atoms with Gasteiger partial charge < -0.3 is 14.8 Å². The van der Waals surface area contributed by atoms with Crippen LogP contribution in [0.2, 0.25) is 5.02 Å². The monoisotopic (exact) mass is 572 g/mol. The second-order valence-electron chi connectivity index (χ2n) is 8.44. The third-order valence-electron chi connectivity index (χ3n) is 5.44. The fraction of sp³-hybridized carbons (Fsp3) is 0.222. The van der Waals surface area contributed by atoms with Crippen LogP contribution in [0.4, 0.5) is 5.69 Å². The summed E-state index contributed by atoms with van der Waals surface area (Å²) in [5, 5.41) is 6.97. The molecular formula is C27H29ClN4O6S. The van der Waals surface area contributed by atoms with Crippen LogP contribution in [0.15, 0.2) is 77.9 Å². The zero-order valence-corrected chi connectivity index (χ0v) is 23.2. The van der Waals surface area contributed by atoms with Gasteiger partial charge >= 0.3 is 0 Å². The molecule has 0 aliphatic carbocycles. The lowest BCUT2D eigenvalue weighted by atomic mass is 10.1. The molecule has 0 bridgehead atoms. The predicted molar refractivity (Wildman–Crippen MR) is 151 cm³/mol. The molecule has 1 atom stereocenters. The summed E-state index contributed by atoms with van der Waals surface area (Å²) in [5.41, 5.74) is 4.16. The Labute approximate surface area is 232 Å². The molecule has 12 heteroatoms. The van der Waals surface area contributed by atoms with Gasteiger partial charge in [0.15, 0.2) is 6.61 Å². The van der Waals surface area contributed by atoms with Gasteiger partial charge in [0, 0.05) is 0 Å². The Bertz CT molecular complexity index is 1420. The third kappa shape index (κ3) is 9.01. The SMILES string of the molecule is COc1ccc(N(CC(=O)N/N=C\c2ccc(OCC(=O)N[C@@H](C)c3ccccc3)cc2)S(C)(=O)=O)cc1Cl. The normalized spacial score (nSPS) is 12.0. The van der Waals surface area contributed by atoms with Gasteiger partial charge in [-0.1, -0.05) is 41.9 Å². The highest BCUT2D eigenvalue weighted by Crippen LogP contribution is 2.30. The van der Waals surface area contributed by atoms with Crippen LogP contribution >= 0.6 is 11.6 Å². The van der Waals surface area contributed by atoms with E-state index in [-0.39, 0.29) is 29.3 Å². The number of halogens is 1. The van der Waals surface area contributed by atoms with E-state index in [0.717, 1.165) is 16.1 Å². The van der Waals surface area contributed by atoms with Crippen LogP contribution in [0.1, 0.15) is 24.1 Å². The molecule has 0 saturated heterocycles. The zero-order chi connectivity index (χ0) is 28.4. The first-order valence-electron chi connectivity index (χ1n) is 11.8. The molecule has 2 N–H and O–H groups in total. The maximum absolute atomic E-state index is 12.4. The van der Waals surface area contributed by atoms with Gasteiger partial charge in [-0.15, -0.1) is 0 Å². The maximum Gasteiger partial charge on any atom is 0.260 e. The number of carbonyl (C=O) groups is 2. The molecule has 10 nitrogen and oxygen atoms in total. The maximum atomic E-state index is 12.4. The molecule has 0 heterocycles. The van der Waals surface area contributed by atoms with Gasteiger partial charge in [-0.2, -0.15) is 5.10 Å². The molecule has 0 spiro atoms. The molecule has 0 aliphatic heterocycles. The number of hydrogen-bond donors (Lipinski definition) is 2. The first kappa shape index (κ1) is 29.5. The van der Waals surface area contributed by atoms with E-state index in [0.29, 0.717) is 17.1 Å². The number of sulfonamides is 1. The van der Waals surface area contributed by atoms with Gasteiger partial charge in [-0.3, -0.25) is 13.9 Å². The lowest BCUT2D eigenvalue weighted by Crippen LogP contribution is -2.39. The third-order valence-corrected chi connectivity index (χ3v) is 6.88. The van der Waals surface area contributed by atoms with Crippen molar-refractivity contribution in [2.45, 2.75) is 13.0 Å². The van der Waals surface area contributed by atoms with Gasteiger partial charge in [0.25, 0.3) is 11.8 Å². The topological polar surface area (TPSA) is 126 Å². The number of benzene rings is 3. The van der Waals surface area contributed by atoms with Crippen molar-refractivity contribution in [2.75, 3.05) is 30.8 Å². The zero-order valence-electron chi connectivity index (χ0n) is 21.6. The molecule has 0 saturated carbocycles. The molecule has 2 amide bonds. The molecule has 0 aliphatic rings. The lowest BCUT2D eigenvalue weighted by molar-refractivity contribution is -0.123. The quantitative estimate of drug-likeness (QED) is 0.253. The number of hydrazone groups is 1.